The Balaban J connectivity index is 1.53. The first kappa shape index (κ1) is 14.5. The molecule has 0 fully saturated rings. The fourth-order valence-electron chi connectivity index (χ4n) is 2.47. The third kappa shape index (κ3) is 2.54. The molecule has 4 aromatic heterocycles. The molecule has 4 heterocycles. The van der Waals surface area contributed by atoms with Gasteiger partial charge in [-0.2, -0.15) is 4.68 Å². The van der Waals surface area contributed by atoms with Crippen molar-refractivity contribution in [2.75, 3.05) is 0 Å². The molecule has 24 heavy (non-hydrogen) atoms. The van der Waals surface area contributed by atoms with Crippen molar-refractivity contribution in [1.29, 1.82) is 0 Å². The molecule has 8 nitrogen and oxygen atoms in total. The second kappa shape index (κ2) is 5.85. The first-order chi connectivity index (χ1) is 11.7. The molecule has 0 bridgehead atoms. The summed E-state index contributed by atoms with van der Waals surface area (Å²) in [6.07, 6.45) is 5.32. The smallest absolute Gasteiger partial charge is 0.263 e. The number of nitrogens with zero attached hydrogens (tertiary/aromatic N) is 6. The Morgan fingerprint density at radius 2 is 2.29 bits per heavy atom. The number of hydrogen-bond donors (Lipinski definition) is 1. The van der Waals surface area contributed by atoms with E-state index in [-0.39, 0.29) is 5.91 Å². The molecule has 0 radical (unpaired) electrons. The van der Waals surface area contributed by atoms with Crippen LogP contribution in [-0.4, -0.2) is 35.5 Å². The van der Waals surface area contributed by atoms with Crippen molar-refractivity contribution >= 4 is 22.9 Å². The summed E-state index contributed by atoms with van der Waals surface area (Å²) < 4.78 is 3.42. The predicted octanol–water partition coefficient (Wildman–Crippen LogP) is 1.61. The van der Waals surface area contributed by atoms with Crippen LogP contribution in [0.3, 0.4) is 0 Å². The van der Waals surface area contributed by atoms with Gasteiger partial charge in [-0.25, -0.2) is 4.98 Å². The van der Waals surface area contributed by atoms with Crippen molar-refractivity contribution in [2.45, 2.75) is 13.5 Å². The van der Waals surface area contributed by atoms with Crippen molar-refractivity contribution in [3.8, 4) is 5.69 Å². The molecule has 0 aliphatic rings. The number of amides is 1. The average Bonchev–Trinajstić information content (AvgIpc) is 3.30. The monoisotopic (exact) mass is 339 g/mol. The van der Waals surface area contributed by atoms with Gasteiger partial charge < -0.3 is 9.72 Å². The molecule has 0 spiro atoms. The fourth-order valence-corrected chi connectivity index (χ4v) is 3.26. The van der Waals surface area contributed by atoms with E-state index in [1.54, 1.807) is 0 Å². The summed E-state index contributed by atoms with van der Waals surface area (Å²) in [5, 5.41) is 15.8. The third-order valence-electron chi connectivity index (χ3n) is 3.60. The van der Waals surface area contributed by atoms with Gasteiger partial charge in [0.05, 0.1) is 17.9 Å². The third-order valence-corrected chi connectivity index (χ3v) is 4.51. The van der Waals surface area contributed by atoms with Gasteiger partial charge in [0.1, 0.15) is 16.9 Å². The standard InChI is InChI=1S/C15H13N7OS/c1-10-3-2-5-21-8-11(18-14(10)21)7-16-15(23)13-12(4-6-24-13)22-9-17-19-20-22/h2-6,8-9H,7H2,1H3,(H,16,23). The number of rotatable bonds is 4. The average molecular weight is 339 g/mol. The normalized spacial score (nSPS) is 11.0. The highest BCUT2D eigenvalue weighted by atomic mass is 32.1. The molecule has 0 atom stereocenters. The van der Waals surface area contributed by atoms with Gasteiger partial charge in [-0.05, 0) is 40.4 Å². The van der Waals surface area contributed by atoms with Crippen LogP contribution in [0.5, 0.6) is 0 Å². The number of aryl methyl sites for hydroxylation is 1. The Bertz CT molecular complexity index is 1000. The minimum absolute atomic E-state index is 0.177. The molecule has 1 amide bonds. The molecule has 1 N–H and O–H groups in total. The van der Waals surface area contributed by atoms with Crippen molar-refractivity contribution in [1.82, 2.24) is 34.9 Å². The zero-order chi connectivity index (χ0) is 16.5. The molecule has 0 unspecified atom stereocenters. The van der Waals surface area contributed by atoms with E-state index < -0.39 is 0 Å². The number of aromatic nitrogens is 6. The molecule has 0 aromatic carbocycles. The molecule has 0 saturated heterocycles. The first-order valence-electron chi connectivity index (χ1n) is 7.24. The van der Waals surface area contributed by atoms with Crippen LogP contribution in [-0.2, 0) is 6.54 Å². The predicted molar refractivity (Wildman–Crippen MR) is 88.1 cm³/mol. The van der Waals surface area contributed by atoms with Gasteiger partial charge in [-0.15, -0.1) is 16.4 Å². The summed E-state index contributed by atoms with van der Waals surface area (Å²) in [4.78, 5) is 17.6. The van der Waals surface area contributed by atoms with E-state index in [9.17, 15) is 4.79 Å². The number of carbonyl (C=O) groups excluding carboxylic acids is 1. The summed E-state index contributed by atoms with van der Waals surface area (Å²) >= 11 is 1.34. The van der Waals surface area contributed by atoms with Crippen LogP contribution in [0, 0.1) is 6.92 Å². The van der Waals surface area contributed by atoms with E-state index >= 15 is 0 Å². The summed E-state index contributed by atoms with van der Waals surface area (Å²) in [6, 6.07) is 5.79. The van der Waals surface area contributed by atoms with Crippen LogP contribution in [0.25, 0.3) is 11.3 Å². The van der Waals surface area contributed by atoms with E-state index in [1.807, 2.05) is 47.3 Å². The topological polar surface area (TPSA) is 90.0 Å². The number of imidazole rings is 1. The Hall–Kier alpha value is -3.07. The zero-order valence-corrected chi connectivity index (χ0v) is 13.6. The van der Waals surface area contributed by atoms with Crippen LogP contribution in [0.2, 0.25) is 0 Å². The van der Waals surface area contributed by atoms with Gasteiger partial charge >= 0.3 is 0 Å². The fraction of sp³-hybridized carbons (Fsp3) is 0.133. The Labute approximate surface area is 140 Å². The lowest BCUT2D eigenvalue weighted by molar-refractivity contribution is 0.0954. The molecule has 9 heteroatoms. The Kier molecular flexibility index (Phi) is 3.54. The minimum Gasteiger partial charge on any atom is -0.346 e. The maximum absolute atomic E-state index is 12.5. The van der Waals surface area contributed by atoms with Crippen LogP contribution >= 0.6 is 11.3 Å². The van der Waals surface area contributed by atoms with Gasteiger partial charge in [0.15, 0.2) is 0 Å². The molecular formula is C15H13N7OS. The van der Waals surface area contributed by atoms with Crippen LogP contribution < -0.4 is 5.32 Å². The number of carbonyl (C=O) groups is 1. The van der Waals surface area contributed by atoms with E-state index in [0.717, 1.165) is 16.9 Å². The van der Waals surface area contributed by atoms with Gasteiger partial charge in [0.2, 0.25) is 0 Å². The lowest BCUT2D eigenvalue weighted by Gasteiger charge is -2.03. The van der Waals surface area contributed by atoms with Crippen molar-refractivity contribution in [2.24, 2.45) is 0 Å². The molecule has 120 valence electrons. The number of fused-ring (bicyclic) bond motifs is 1. The lowest BCUT2D eigenvalue weighted by Crippen LogP contribution is -2.23. The molecule has 4 aromatic rings. The summed E-state index contributed by atoms with van der Waals surface area (Å²) in [5.74, 6) is -0.177. The molecule has 4 rings (SSSR count). The number of hydrogen-bond acceptors (Lipinski definition) is 6. The van der Waals surface area contributed by atoms with Crippen LogP contribution in [0.15, 0.2) is 42.3 Å². The number of nitrogens with one attached hydrogen (secondary N) is 1. The first-order valence-corrected chi connectivity index (χ1v) is 8.12. The van der Waals surface area contributed by atoms with E-state index in [1.165, 1.54) is 22.3 Å². The maximum atomic E-state index is 12.5. The van der Waals surface area contributed by atoms with Gasteiger partial charge in [-0.1, -0.05) is 6.07 Å². The van der Waals surface area contributed by atoms with Gasteiger partial charge in [-0.3, -0.25) is 4.79 Å². The number of pyridine rings is 1. The summed E-state index contributed by atoms with van der Waals surface area (Å²) in [6.45, 7) is 2.36. The number of thiophene rings is 1. The highest BCUT2D eigenvalue weighted by Crippen LogP contribution is 2.20. The van der Waals surface area contributed by atoms with E-state index in [0.29, 0.717) is 17.1 Å². The Morgan fingerprint density at radius 3 is 3.08 bits per heavy atom. The van der Waals surface area contributed by atoms with Gasteiger partial charge in [0, 0.05) is 12.4 Å². The van der Waals surface area contributed by atoms with E-state index in [2.05, 4.69) is 25.8 Å². The molecule has 0 aliphatic carbocycles. The highest BCUT2D eigenvalue weighted by molar-refractivity contribution is 7.12. The minimum atomic E-state index is -0.177. The molecule has 0 aliphatic heterocycles. The lowest BCUT2D eigenvalue weighted by atomic mass is 10.3. The molecular weight excluding hydrogens is 326 g/mol. The summed E-state index contributed by atoms with van der Waals surface area (Å²) in [5.41, 5.74) is 3.45. The van der Waals surface area contributed by atoms with E-state index in [4.69, 9.17) is 0 Å². The zero-order valence-electron chi connectivity index (χ0n) is 12.7. The SMILES string of the molecule is Cc1cccn2cc(CNC(=O)c3sccc3-n3cnnn3)nc12. The maximum Gasteiger partial charge on any atom is 0.263 e. The van der Waals surface area contributed by atoms with Gasteiger partial charge in [0.25, 0.3) is 5.91 Å². The second-order valence-corrected chi connectivity index (χ2v) is 6.14. The highest BCUT2D eigenvalue weighted by Gasteiger charge is 2.16. The van der Waals surface area contributed by atoms with Crippen molar-refractivity contribution in [3.05, 3.63) is 58.4 Å². The van der Waals surface area contributed by atoms with Crippen molar-refractivity contribution < 1.29 is 4.79 Å². The van der Waals surface area contributed by atoms with Crippen molar-refractivity contribution in [3.63, 3.8) is 0 Å². The second-order valence-electron chi connectivity index (χ2n) is 5.23. The number of tetrazole rings is 1. The van der Waals surface area contributed by atoms with Crippen LogP contribution in [0.1, 0.15) is 20.9 Å². The molecule has 0 saturated carbocycles. The Morgan fingerprint density at radius 1 is 1.38 bits per heavy atom. The summed E-state index contributed by atoms with van der Waals surface area (Å²) in [7, 11) is 0. The quantitative estimate of drug-likeness (QED) is 0.610. The largest absolute Gasteiger partial charge is 0.346 e. The van der Waals surface area contributed by atoms with Crippen LogP contribution in [0.4, 0.5) is 0 Å².